The van der Waals surface area contributed by atoms with Gasteiger partial charge in [-0.1, -0.05) is 24.3 Å². The van der Waals surface area contributed by atoms with Gasteiger partial charge in [-0.25, -0.2) is 0 Å². The van der Waals surface area contributed by atoms with E-state index in [1.54, 1.807) is 0 Å². The molecule has 0 spiro atoms. The average Bonchev–Trinajstić information content (AvgIpc) is 2.85. The molecule has 36 heavy (non-hydrogen) atoms. The van der Waals surface area contributed by atoms with Gasteiger partial charge in [-0.15, -0.1) is 0 Å². The third-order valence-corrected chi connectivity index (χ3v) is 6.54. The minimum Gasteiger partial charge on any atom is -0.343 e. The highest BCUT2D eigenvalue weighted by atomic mass is 16.2. The largest absolute Gasteiger partial charge is 0.343 e. The lowest BCUT2D eigenvalue weighted by Crippen LogP contribution is -2.65. The third-order valence-electron chi connectivity index (χ3n) is 6.54. The maximum absolute atomic E-state index is 12.2. The molecule has 2 saturated heterocycles. The van der Waals surface area contributed by atoms with Gasteiger partial charge in [0.1, 0.15) is 12.1 Å². The highest BCUT2D eigenvalue weighted by molar-refractivity contribution is 6.05. The van der Waals surface area contributed by atoms with Crippen LogP contribution >= 0.6 is 0 Å². The summed E-state index contributed by atoms with van der Waals surface area (Å²) in [5.41, 5.74) is 0. The van der Waals surface area contributed by atoms with Crippen molar-refractivity contribution in [1.29, 1.82) is 0 Å². The molecule has 0 unspecified atom stereocenters. The highest BCUT2D eigenvalue weighted by Crippen LogP contribution is 2.16. The van der Waals surface area contributed by atoms with E-state index in [1.165, 1.54) is 9.80 Å². The minimum absolute atomic E-state index is 0.199. The monoisotopic (exact) mass is 500 g/mol. The second-order valence-electron chi connectivity index (χ2n) is 9.44. The van der Waals surface area contributed by atoms with E-state index < -0.39 is 12.1 Å². The van der Waals surface area contributed by atoms with Crippen LogP contribution in [0.2, 0.25) is 0 Å². The molecule has 2 N–H and O–H groups in total. The zero-order valence-electron chi connectivity index (χ0n) is 20.7. The van der Waals surface area contributed by atoms with Crippen molar-refractivity contribution in [1.82, 2.24) is 20.4 Å². The lowest BCUT2D eigenvalue weighted by Gasteiger charge is -2.37. The Balaban J connectivity index is 1.46. The topological polar surface area (TPSA) is 133 Å². The van der Waals surface area contributed by atoms with Crippen LogP contribution in [-0.2, 0) is 28.8 Å². The Morgan fingerprint density at radius 1 is 0.528 bits per heavy atom. The lowest BCUT2D eigenvalue weighted by atomic mass is 10.0. The number of carbonyl (C=O) groups is 6. The van der Waals surface area contributed by atoms with Gasteiger partial charge < -0.3 is 10.6 Å². The Morgan fingerprint density at radius 3 is 1.19 bits per heavy atom. The molecule has 0 aliphatic carbocycles. The lowest BCUT2D eigenvalue weighted by molar-refractivity contribution is -0.158. The van der Waals surface area contributed by atoms with Crippen LogP contribution in [0.1, 0.15) is 77.0 Å². The standard InChI is InChI=1S/C26H36N4O6/c31-21-13-9-5-1-2-6-10-14-22(32)28-20-18-30(26(20)36)24(34)16-12-8-4-3-7-11-15-23(33)29-17-19(27-21)25(29)35/h1-4,19-20H,5-18H2,(H,27,31)(H,28,32)/b2-1-,4-3+/t19-,20-/m0/s1. The molecule has 6 rings (SSSR count). The van der Waals surface area contributed by atoms with Gasteiger partial charge in [-0.2, -0.15) is 0 Å². The predicted molar refractivity (Wildman–Crippen MR) is 131 cm³/mol. The van der Waals surface area contributed by atoms with E-state index >= 15 is 0 Å². The Kier molecular flexibility index (Phi) is 10.4. The molecule has 4 bridgehead atoms. The molecular weight excluding hydrogens is 464 g/mol. The number of rotatable bonds is 0. The molecule has 6 aliphatic rings. The first kappa shape index (κ1) is 27.3. The van der Waals surface area contributed by atoms with E-state index in [-0.39, 0.29) is 61.4 Å². The number of imide groups is 2. The second-order valence-corrected chi connectivity index (χ2v) is 9.44. The Morgan fingerprint density at radius 2 is 0.861 bits per heavy atom. The minimum atomic E-state index is -0.616. The van der Waals surface area contributed by atoms with E-state index in [0.29, 0.717) is 64.2 Å². The van der Waals surface area contributed by atoms with Gasteiger partial charge in [-0.05, 0) is 51.4 Å². The summed E-state index contributed by atoms with van der Waals surface area (Å²) < 4.78 is 0. The molecule has 0 aromatic rings. The van der Waals surface area contributed by atoms with Crippen molar-refractivity contribution in [2.45, 2.75) is 89.1 Å². The Hall–Kier alpha value is -3.30. The summed E-state index contributed by atoms with van der Waals surface area (Å²) in [5.74, 6) is -1.55. The van der Waals surface area contributed by atoms with Crippen LogP contribution in [0.15, 0.2) is 24.3 Å². The number of carbonyl (C=O) groups excluding carboxylic acids is 6. The van der Waals surface area contributed by atoms with Crippen LogP contribution in [0.4, 0.5) is 0 Å². The third kappa shape index (κ3) is 7.86. The smallest absolute Gasteiger partial charge is 0.253 e. The number of amides is 6. The van der Waals surface area contributed by atoms with Crippen molar-refractivity contribution < 1.29 is 28.8 Å². The summed E-state index contributed by atoms with van der Waals surface area (Å²) in [4.78, 5) is 75.4. The molecule has 6 amide bonds. The molecule has 196 valence electrons. The van der Waals surface area contributed by atoms with Crippen LogP contribution in [0.5, 0.6) is 0 Å². The molecule has 2 atom stereocenters. The van der Waals surface area contributed by atoms with Crippen LogP contribution < -0.4 is 10.6 Å². The molecule has 0 aromatic carbocycles. The van der Waals surface area contributed by atoms with Gasteiger partial charge in [0, 0.05) is 25.7 Å². The summed E-state index contributed by atoms with van der Waals surface area (Å²) in [6.07, 6.45) is 14.2. The average molecular weight is 501 g/mol. The Bertz CT molecular complexity index is 855. The number of nitrogens with one attached hydrogen (secondary N) is 2. The van der Waals surface area contributed by atoms with Crippen molar-refractivity contribution in [2.24, 2.45) is 0 Å². The van der Waals surface area contributed by atoms with Crippen LogP contribution in [0.3, 0.4) is 0 Å². The molecule has 0 saturated carbocycles. The zero-order chi connectivity index (χ0) is 25.9. The number of hydrogen-bond acceptors (Lipinski definition) is 6. The SMILES string of the molecule is O=C1CCC/C=C\CCCC(=O)N[C@H]2CN(C(=O)CCC/C=C/CCCC(=O)N3C[C@H](N1)C3=O)C2=O. The molecular formula is C26H36N4O6. The van der Waals surface area contributed by atoms with E-state index in [9.17, 15) is 28.8 Å². The number of hydrogen-bond donors (Lipinski definition) is 2. The van der Waals surface area contributed by atoms with Gasteiger partial charge in [0.2, 0.25) is 23.6 Å². The van der Waals surface area contributed by atoms with Crippen LogP contribution in [0, 0.1) is 0 Å². The fourth-order valence-electron chi connectivity index (χ4n) is 4.29. The number of allylic oxidation sites excluding steroid dienone is 4. The van der Waals surface area contributed by atoms with E-state index in [4.69, 9.17) is 0 Å². The summed E-state index contributed by atoms with van der Waals surface area (Å²) >= 11 is 0. The van der Waals surface area contributed by atoms with Crippen molar-refractivity contribution in [3.05, 3.63) is 24.3 Å². The van der Waals surface area contributed by atoms with Crippen molar-refractivity contribution >= 4 is 35.4 Å². The zero-order valence-corrected chi connectivity index (χ0v) is 20.7. The van der Waals surface area contributed by atoms with E-state index in [0.717, 1.165) is 0 Å². The van der Waals surface area contributed by atoms with Crippen molar-refractivity contribution in [3.63, 3.8) is 0 Å². The summed E-state index contributed by atoms with van der Waals surface area (Å²) in [7, 11) is 0. The molecule has 6 aliphatic heterocycles. The summed E-state index contributed by atoms with van der Waals surface area (Å²) in [6.45, 7) is 0.446. The first-order valence-electron chi connectivity index (χ1n) is 12.9. The fraction of sp³-hybridized carbons (Fsp3) is 0.615. The highest BCUT2D eigenvalue weighted by Gasteiger charge is 2.41. The van der Waals surface area contributed by atoms with Crippen molar-refractivity contribution in [2.75, 3.05) is 13.1 Å². The molecule has 10 nitrogen and oxygen atoms in total. The van der Waals surface area contributed by atoms with E-state index in [2.05, 4.69) is 10.6 Å². The van der Waals surface area contributed by atoms with Gasteiger partial charge in [0.05, 0.1) is 13.1 Å². The van der Waals surface area contributed by atoms with Crippen LogP contribution in [-0.4, -0.2) is 70.4 Å². The molecule has 10 heteroatoms. The van der Waals surface area contributed by atoms with Crippen molar-refractivity contribution in [3.8, 4) is 0 Å². The maximum atomic E-state index is 12.2. The maximum Gasteiger partial charge on any atom is 0.253 e. The van der Waals surface area contributed by atoms with E-state index in [1.807, 2.05) is 24.3 Å². The normalized spacial score (nSPS) is 28.1. The predicted octanol–water partition coefficient (Wildman–Crippen LogP) is 1.50. The van der Waals surface area contributed by atoms with Crippen LogP contribution in [0.25, 0.3) is 0 Å². The number of β-lactam (4-membered cyclic amide) rings is 2. The molecule has 0 aromatic heterocycles. The fourth-order valence-corrected chi connectivity index (χ4v) is 4.29. The molecule has 2 fully saturated rings. The second kappa shape index (κ2) is 13.7. The molecule has 0 radical (unpaired) electrons. The first-order chi connectivity index (χ1) is 17.4. The quantitative estimate of drug-likeness (QED) is 0.294. The Labute approximate surface area is 211 Å². The van der Waals surface area contributed by atoms with Gasteiger partial charge in [0.25, 0.3) is 11.8 Å². The summed E-state index contributed by atoms with van der Waals surface area (Å²) in [5, 5.41) is 5.38. The number of nitrogens with zero attached hydrogens (tertiary/aromatic N) is 2. The molecule has 6 heterocycles. The van der Waals surface area contributed by atoms with Gasteiger partial charge in [0.15, 0.2) is 0 Å². The first-order valence-corrected chi connectivity index (χ1v) is 12.9. The van der Waals surface area contributed by atoms with Gasteiger partial charge >= 0.3 is 0 Å². The summed E-state index contributed by atoms with van der Waals surface area (Å²) in [6, 6.07) is -1.23. The van der Waals surface area contributed by atoms with Gasteiger partial charge in [-0.3, -0.25) is 38.6 Å².